The van der Waals surface area contributed by atoms with Crippen molar-refractivity contribution in [2.45, 2.75) is 27.2 Å². The summed E-state index contributed by atoms with van der Waals surface area (Å²) in [4.78, 5) is 31.4. The number of hydrogen-bond donors (Lipinski definition) is 2. The Morgan fingerprint density at radius 1 is 1.18 bits per heavy atom. The molecule has 8 nitrogen and oxygen atoms in total. The smallest absolute Gasteiger partial charge is 0.267 e. The van der Waals surface area contributed by atoms with E-state index in [4.69, 9.17) is 11.6 Å². The maximum atomic E-state index is 12.7. The van der Waals surface area contributed by atoms with E-state index in [1.807, 2.05) is 32.0 Å². The van der Waals surface area contributed by atoms with Crippen molar-refractivity contribution in [1.29, 1.82) is 0 Å². The standard InChI is InChI=1S/C23H28ClN7OS/c1-4-8-30-9-11-31(12-10-30)20-13-19(26-16(3)27-20)28-23-25-14-18(33-23)22(32)29-21-15(2)6-5-7-17(21)24/h5-7,13-14H,4,8-12H2,1-3H3,(H,29,32)(H,25,26,27,28). The Morgan fingerprint density at radius 3 is 2.70 bits per heavy atom. The second-order valence-corrected chi connectivity index (χ2v) is 9.47. The summed E-state index contributed by atoms with van der Waals surface area (Å²) in [5.74, 6) is 2.01. The number of nitrogens with one attached hydrogen (secondary N) is 2. The molecule has 0 unspecified atom stereocenters. The number of piperazine rings is 1. The molecule has 0 saturated carbocycles. The van der Waals surface area contributed by atoms with Crippen LogP contribution in [0.3, 0.4) is 0 Å². The molecule has 1 aliphatic heterocycles. The molecular formula is C23H28ClN7OS. The fourth-order valence-corrected chi connectivity index (χ4v) is 4.79. The Hall–Kier alpha value is -2.75. The van der Waals surface area contributed by atoms with Gasteiger partial charge in [-0.1, -0.05) is 42.0 Å². The number of aromatic nitrogens is 3. The molecule has 0 bridgehead atoms. The third-order valence-electron chi connectivity index (χ3n) is 5.49. The molecule has 33 heavy (non-hydrogen) atoms. The minimum atomic E-state index is -0.249. The zero-order valence-electron chi connectivity index (χ0n) is 19.1. The molecular weight excluding hydrogens is 458 g/mol. The van der Waals surface area contributed by atoms with Crippen LogP contribution in [-0.4, -0.2) is 58.5 Å². The monoisotopic (exact) mass is 485 g/mol. The van der Waals surface area contributed by atoms with Crippen molar-refractivity contribution >= 4 is 51.3 Å². The maximum Gasteiger partial charge on any atom is 0.267 e. The van der Waals surface area contributed by atoms with Crippen molar-refractivity contribution < 1.29 is 4.79 Å². The van der Waals surface area contributed by atoms with E-state index in [2.05, 4.69) is 42.3 Å². The molecule has 0 aliphatic carbocycles. The molecule has 0 spiro atoms. The van der Waals surface area contributed by atoms with Crippen LogP contribution in [0.25, 0.3) is 0 Å². The highest BCUT2D eigenvalue weighted by atomic mass is 35.5. The van der Waals surface area contributed by atoms with Gasteiger partial charge in [-0.05, 0) is 38.4 Å². The van der Waals surface area contributed by atoms with Gasteiger partial charge in [0, 0.05) is 32.2 Å². The first kappa shape index (κ1) is 23.4. The number of hydrogen-bond acceptors (Lipinski definition) is 8. The Labute approximate surface area is 203 Å². The summed E-state index contributed by atoms with van der Waals surface area (Å²) in [5, 5.41) is 7.21. The van der Waals surface area contributed by atoms with Crippen LogP contribution in [-0.2, 0) is 0 Å². The van der Waals surface area contributed by atoms with E-state index in [0.29, 0.717) is 32.4 Å². The zero-order valence-corrected chi connectivity index (χ0v) is 20.6. The maximum absolute atomic E-state index is 12.7. The molecule has 2 N–H and O–H groups in total. The van der Waals surface area contributed by atoms with Crippen molar-refractivity contribution in [2.24, 2.45) is 0 Å². The molecule has 1 saturated heterocycles. The quantitative estimate of drug-likeness (QED) is 0.500. The minimum absolute atomic E-state index is 0.249. The number of nitrogens with zero attached hydrogens (tertiary/aromatic N) is 5. The van der Waals surface area contributed by atoms with Gasteiger partial charge in [-0.2, -0.15) is 0 Å². The van der Waals surface area contributed by atoms with Crippen LogP contribution in [0.5, 0.6) is 0 Å². The van der Waals surface area contributed by atoms with Crippen LogP contribution in [0.2, 0.25) is 5.02 Å². The van der Waals surface area contributed by atoms with Gasteiger partial charge in [0.2, 0.25) is 0 Å². The van der Waals surface area contributed by atoms with Crippen molar-refractivity contribution in [3.63, 3.8) is 0 Å². The van der Waals surface area contributed by atoms with Crippen LogP contribution < -0.4 is 15.5 Å². The van der Waals surface area contributed by atoms with E-state index in [1.54, 1.807) is 12.3 Å². The summed E-state index contributed by atoms with van der Waals surface area (Å²) in [6, 6.07) is 7.45. The average Bonchev–Trinajstić information content (AvgIpc) is 3.25. The van der Waals surface area contributed by atoms with Crippen LogP contribution >= 0.6 is 22.9 Å². The lowest BCUT2D eigenvalue weighted by molar-refractivity contribution is 0.103. The molecule has 1 fully saturated rings. The Kier molecular flexibility index (Phi) is 7.42. The van der Waals surface area contributed by atoms with Crippen LogP contribution in [0.1, 0.15) is 34.4 Å². The summed E-state index contributed by atoms with van der Waals surface area (Å²) in [6.45, 7) is 11.1. The predicted octanol–water partition coefficient (Wildman–Crippen LogP) is 4.73. The molecule has 1 amide bonds. The van der Waals surface area contributed by atoms with Gasteiger partial charge in [0.1, 0.15) is 22.3 Å². The highest BCUT2D eigenvalue weighted by molar-refractivity contribution is 7.17. The summed E-state index contributed by atoms with van der Waals surface area (Å²) in [7, 11) is 0. The third-order valence-corrected chi connectivity index (χ3v) is 6.71. The number of amides is 1. The lowest BCUT2D eigenvalue weighted by Gasteiger charge is -2.35. The fraction of sp³-hybridized carbons (Fsp3) is 0.391. The third kappa shape index (κ3) is 5.79. The number of rotatable bonds is 7. The van der Waals surface area contributed by atoms with Gasteiger partial charge in [0.25, 0.3) is 5.91 Å². The fourth-order valence-electron chi connectivity index (χ4n) is 3.81. The van der Waals surface area contributed by atoms with Crippen molar-refractivity contribution in [3.05, 3.63) is 51.7 Å². The highest BCUT2D eigenvalue weighted by Crippen LogP contribution is 2.28. The Balaban J connectivity index is 1.43. The van der Waals surface area contributed by atoms with Gasteiger partial charge in [0.05, 0.1) is 16.9 Å². The number of thiazole rings is 1. The Bertz CT molecular complexity index is 1110. The van der Waals surface area contributed by atoms with Crippen molar-refractivity contribution in [1.82, 2.24) is 19.9 Å². The summed E-state index contributed by atoms with van der Waals surface area (Å²) < 4.78 is 0. The van der Waals surface area contributed by atoms with Crippen LogP contribution in [0, 0.1) is 13.8 Å². The normalized spacial score (nSPS) is 14.4. The summed E-state index contributed by atoms with van der Waals surface area (Å²) >= 11 is 7.49. The van der Waals surface area contributed by atoms with Gasteiger partial charge in [-0.3, -0.25) is 9.69 Å². The first-order valence-corrected chi connectivity index (χ1v) is 12.2. The first-order valence-electron chi connectivity index (χ1n) is 11.0. The van der Waals surface area contributed by atoms with Crippen LogP contribution in [0.4, 0.5) is 22.5 Å². The van der Waals surface area contributed by atoms with Gasteiger partial charge in [-0.25, -0.2) is 15.0 Å². The lowest BCUT2D eigenvalue weighted by atomic mass is 10.2. The van der Waals surface area contributed by atoms with E-state index in [9.17, 15) is 4.79 Å². The molecule has 1 aromatic carbocycles. The number of aryl methyl sites for hydroxylation is 2. The molecule has 0 radical (unpaired) electrons. The molecule has 10 heteroatoms. The topological polar surface area (TPSA) is 86.3 Å². The summed E-state index contributed by atoms with van der Waals surface area (Å²) in [6.07, 6.45) is 2.73. The van der Waals surface area contributed by atoms with E-state index in [-0.39, 0.29) is 5.91 Å². The van der Waals surface area contributed by atoms with Gasteiger partial charge in [-0.15, -0.1) is 0 Å². The molecule has 174 valence electrons. The van der Waals surface area contributed by atoms with Gasteiger partial charge in [0.15, 0.2) is 5.13 Å². The zero-order chi connectivity index (χ0) is 23.4. The number of anilines is 4. The summed E-state index contributed by atoms with van der Waals surface area (Å²) in [5.41, 5.74) is 1.51. The lowest BCUT2D eigenvalue weighted by Crippen LogP contribution is -2.46. The largest absolute Gasteiger partial charge is 0.354 e. The SMILES string of the molecule is CCCN1CCN(c2cc(Nc3ncc(C(=O)Nc4c(C)cccc4Cl)s3)nc(C)n2)CC1. The van der Waals surface area contributed by atoms with E-state index in [1.165, 1.54) is 17.8 Å². The molecule has 4 rings (SSSR count). The first-order chi connectivity index (χ1) is 15.9. The number of halogens is 1. The number of carbonyl (C=O) groups is 1. The molecule has 3 heterocycles. The second kappa shape index (κ2) is 10.5. The number of benzene rings is 1. The molecule has 0 atom stereocenters. The van der Waals surface area contributed by atoms with Gasteiger partial charge < -0.3 is 15.5 Å². The number of para-hydroxylation sites is 1. The van der Waals surface area contributed by atoms with Crippen molar-refractivity contribution in [2.75, 3.05) is 48.3 Å². The minimum Gasteiger partial charge on any atom is -0.354 e. The highest BCUT2D eigenvalue weighted by Gasteiger charge is 2.19. The molecule has 2 aromatic heterocycles. The molecule has 1 aliphatic rings. The number of carbonyl (C=O) groups excluding carboxylic acids is 1. The van der Waals surface area contributed by atoms with Crippen molar-refractivity contribution in [3.8, 4) is 0 Å². The predicted molar refractivity (Wildman–Crippen MR) is 135 cm³/mol. The average molecular weight is 486 g/mol. The van der Waals surface area contributed by atoms with E-state index >= 15 is 0 Å². The molecule has 3 aromatic rings. The van der Waals surface area contributed by atoms with E-state index in [0.717, 1.165) is 44.1 Å². The van der Waals surface area contributed by atoms with E-state index < -0.39 is 0 Å². The Morgan fingerprint density at radius 2 is 1.97 bits per heavy atom. The van der Waals surface area contributed by atoms with Crippen LogP contribution in [0.15, 0.2) is 30.5 Å². The second-order valence-electron chi connectivity index (χ2n) is 8.03. The van der Waals surface area contributed by atoms with Gasteiger partial charge >= 0.3 is 0 Å².